The molecule has 1 rings (SSSR count). The van der Waals surface area contributed by atoms with E-state index >= 15 is 0 Å². The second-order valence-electron chi connectivity index (χ2n) is 5.00. The molecule has 0 aromatic heterocycles. The highest BCUT2D eigenvalue weighted by Gasteiger charge is 2.36. The first kappa shape index (κ1) is 15.7. The van der Waals surface area contributed by atoms with Gasteiger partial charge in [-0.15, -0.1) is 0 Å². The van der Waals surface area contributed by atoms with Crippen LogP contribution in [0.15, 0.2) is 30.3 Å². The summed E-state index contributed by atoms with van der Waals surface area (Å²) in [6, 6.07) is 10.1. The van der Waals surface area contributed by atoms with Gasteiger partial charge in [-0.1, -0.05) is 44.2 Å². The van der Waals surface area contributed by atoms with Gasteiger partial charge < -0.3 is 10.6 Å². The van der Waals surface area contributed by atoms with Crippen molar-refractivity contribution in [1.29, 1.82) is 0 Å². The van der Waals surface area contributed by atoms with Crippen molar-refractivity contribution in [2.24, 2.45) is 11.1 Å². The largest absolute Gasteiger partial charge is 0.338 e. The predicted molar refractivity (Wildman–Crippen MR) is 79.6 cm³/mol. The van der Waals surface area contributed by atoms with Crippen molar-refractivity contribution >= 4 is 5.91 Å². The molecule has 3 nitrogen and oxygen atoms in total. The summed E-state index contributed by atoms with van der Waals surface area (Å²) < 4.78 is 0. The number of carbonyl (C=O) groups excluding carboxylic acids is 1. The number of hydrogen-bond acceptors (Lipinski definition) is 2. The molecule has 1 aromatic rings. The van der Waals surface area contributed by atoms with Crippen LogP contribution in [0.5, 0.6) is 0 Å². The third-order valence-corrected chi connectivity index (χ3v) is 4.08. The molecule has 0 fully saturated rings. The topological polar surface area (TPSA) is 46.3 Å². The Balaban J connectivity index is 2.87. The van der Waals surface area contributed by atoms with Crippen LogP contribution in [0.25, 0.3) is 0 Å². The van der Waals surface area contributed by atoms with Gasteiger partial charge in [-0.3, -0.25) is 4.79 Å². The van der Waals surface area contributed by atoms with Crippen molar-refractivity contribution in [2.45, 2.75) is 40.2 Å². The van der Waals surface area contributed by atoms with Crippen molar-refractivity contribution in [1.82, 2.24) is 4.90 Å². The molecule has 0 spiro atoms. The van der Waals surface area contributed by atoms with Crippen molar-refractivity contribution in [2.75, 3.05) is 13.1 Å². The van der Waals surface area contributed by atoms with Crippen LogP contribution in [0.1, 0.15) is 39.2 Å². The zero-order chi connectivity index (χ0) is 14.3. The van der Waals surface area contributed by atoms with E-state index in [-0.39, 0.29) is 5.91 Å². The van der Waals surface area contributed by atoms with E-state index in [2.05, 4.69) is 12.1 Å². The maximum absolute atomic E-state index is 12.7. The summed E-state index contributed by atoms with van der Waals surface area (Å²) in [5.41, 5.74) is 6.63. The lowest BCUT2D eigenvalue weighted by atomic mass is 9.81. The third kappa shape index (κ3) is 3.57. The molecule has 0 saturated heterocycles. The number of rotatable bonds is 7. The van der Waals surface area contributed by atoms with Crippen LogP contribution in [0.3, 0.4) is 0 Å². The summed E-state index contributed by atoms with van der Waals surface area (Å²) in [6.45, 7) is 7.92. The molecule has 0 atom stereocenters. The first-order valence-electron chi connectivity index (χ1n) is 7.16. The van der Waals surface area contributed by atoms with Crippen LogP contribution in [0.2, 0.25) is 0 Å². The summed E-state index contributed by atoms with van der Waals surface area (Å²) >= 11 is 0. The van der Waals surface area contributed by atoms with Crippen molar-refractivity contribution in [3.8, 4) is 0 Å². The fourth-order valence-corrected chi connectivity index (χ4v) is 2.39. The molecule has 106 valence electrons. The van der Waals surface area contributed by atoms with Crippen LogP contribution >= 0.6 is 0 Å². The van der Waals surface area contributed by atoms with Crippen LogP contribution in [-0.2, 0) is 11.3 Å². The lowest BCUT2D eigenvalue weighted by Crippen LogP contribution is -2.47. The minimum absolute atomic E-state index is 0.186. The summed E-state index contributed by atoms with van der Waals surface area (Å²) in [5.74, 6) is 0.186. The average Bonchev–Trinajstić information content (AvgIpc) is 2.48. The maximum atomic E-state index is 12.7. The Morgan fingerprint density at radius 1 is 1.16 bits per heavy atom. The molecule has 0 aliphatic carbocycles. The van der Waals surface area contributed by atoms with Crippen molar-refractivity contribution in [3.63, 3.8) is 0 Å². The Morgan fingerprint density at radius 3 is 2.16 bits per heavy atom. The van der Waals surface area contributed by atoms with Gasteiger partial charge in [-0.05, 0) is 25.3 Å². The molecule has 3 heteroatoms. The molecule has 1 aromatic carbocycles. The molecule has 0 unspecified atom stereocenters. The number of benzene rings is 1. The van der Waals surface area contributed by atoms with Crippen molar-refractivity contribution < 1.29 is 4.79 Å². The Bertz CT molecular complexity index is 377. The van der Waals surface area contributed by atoms with Gasteiger partial charge in [-0.2, -0.15) is 0 Å². The number of amides is 1. The van der Waals surface area contributed by atoms with E-state index in [1.54, 1.807) is 0 Å². The maximum Gasteiger partial charge on any atom is 0.230 e. The lowest BCUT2D eigenvalue weighted by Gasteiger charge is -2.34. The van der Waals surface area contributed by atoms with E-state index < -0.39 is 5.41 Å². The smallest absolute Gasteiger partial charge is 0.230 e. The van der Waals surface area contributed by atoms with Crippen LogP contribution in [0.4, 0.5) is 0 Å². The van der Waals surface area contributed by atoms with E-state index in [0.29, 0.717) is 13.1 Å². The van der Waals surface area contributed by atoms with Gasteiger partial charge in [0.1, 0.15) is 0 Å². The van der Waals surface area contributed by atoms with Gasteiger partial charge in [0, 0.05) is 19.6 Å². The first-order chi connectivity index (χ1) is 9.13. The molecule has 0 heterocycles. The van der Waals surface area contributed by atoms with E-state index in [4.69, 9.17) is 5.73 Å². The molecule has 0 aliphatic heterocycles. The molecule has 2 N–H and O–H groups in total. The minimum atomic E-state index is -0.398. The summed E-state index contributed by atoms with van der Waals surface area (Å²) in [7, 11) is 0. The second-order valence-corrected chi connectivity index (χ2v) is 5.00. The third-order valence-electron chi connectivity index (χ3n) is 4.08. The quantitative estimate of drug-likeness (QED) is 0.821. The first-order valence-corrected chi connectivity index (χ1v) is 7.16. The number of nitrogens with two attached hydrogens (primary N) is 1. The summed E-state index contributed by atoms with van der Waals surface area (Å²) in [4.78, 5) is 14.7. The molecule has 0 aliphatic rings. The van der Waals surface area contributed by atoms with Gasteiger partial charge >= 0.3 is 0 Å². The molecule has 0 radical (unpaired) electrons. The minimum Gasteiger partial charge on any atom is -0.338 e. The average molecular weight is 262 g/mol. The van der Waals surface area contributed by atoms with Gasteiger partial charge in [0.2, 0.25) is 5.91 Å². The number of carbonyl (C=O) groups is 1. The SMILES string of the molecule is CCN(Cc1ccccc1)C(=O)C(CC)(CC)CN. The number of hydrogen-bond donors (Lipinski definition) is 1. The summed E-state index contributed by atoms with van der Waals surface area (Å²) in [6.07, 6.45) is 1.59. The highest BCUT2D eigenvalue weighted by molar-refractivity contribution is 5.83. The highest BCUT2D eigenvalue weighted by Crippen LogP contribution is 2.28. The van der Waals surface area contributed by atoms with Crippen LogP contribution < -0.4 is 5.73 Å². The van der Waals surface area contributed by atoms with Gasteiger partial charge in [0.05, 0.1) is 5.41 Å². The normalized spacial score (nSPS) is 11.4. The zero-order valence-corrected chi connectivity index (χ0v) is 12.4. The van der Waals surface area contributed by atoms with E-state index in [0.717, 1.165) is 24.9 Å². The van der Waals surface area contributed by atoms with Gasteiger partial charge in [-0.25, -0.2) is 0 Å². The monoisotopic (exact) mass is 262 g/mol. The van der Waals surface area contributed by atoms with E-state index in [1.165, 1.54) is 0 Å². The Hall–Kier alpha value is -1.35. The molecule has 19 heavy (non-hydrogen) atoms. The summed E-state index contributed by atoms with van der Waals surface area (Å²) in [5, 5.41) is 0. The molecular formula is C16H26N2O. The van der Waals surface area contributed by atoms with E-state index in [9.17, 15) is 4.79 Å². The fourth-order valence-electron chi connectivity index (χ4n) is 2.39. The van der Waals surface area contributed by atoms with Crippen molar-refractivity contribution in [3.05, 3.63) is 35.9 Å². The Labute approximate surface area is 116 Å². The van der Waals surface area contributed by atoms with Gasteiger partial charge in [0.25, 0.3) is 0 Å². The predicted octanol–water partition coefficient (Wildman–Crippen LogP) is 2.80. The molecule has 1 amide bonds. The van der Waals surface area contributed by atoms with Crippen LogP contribution in [0, 0.1) is 5.41 Å². The van der Waals surface area contributed by atoms with E-state index in [1.807, 2.05) is 43.9 Å². The van der Waals surface area contributed by atoms with Gasteiger partial charge in [0.15, 0.2) is 0 Å². The van der Waals surface area contributed by atoms with Crippen LogP contribution in [-0.4, -0.2) is 23.9 Å². The molecule has 0 bridgehead atoms. The Morgan fingerprint density at radius 2 is 1.74 bits per heavy atom. The molecular weight excluding hydrogens is 236 g/mol. The fraction of sp³-hybridized carbons (Fsp3) is 0.562. The highest BCUT2D eigenvalue weighted by atomic mass is 16.2. The lowest BCUT2D eigenvalue weighted by molar-refractivity contribution is -0.142. The Kier molecular flexibility index (Phi) is 6.03. The molecule has 0 saturated carbocycles. The zero-order valence-electron chi connectivity index (χ0n) is 12.4. The second kappa shape index (κ2) is 7.29. The number of nitrogens with zero attached hydrogens (tertiary/aromatic N) is 1. The standard InChI is InChI=1S/C16H26N2O/c1-4-16(5-2,13-17)15(19)18(6-3)12-14-10-8-7-9-11-14/h7-11H,4-6,12-13,17H2,1-3H3.